The van der Waals surface area contributed by atoms with E-state index in [0.717, 1.165) is 11.3 Å². The summed E-state index contributed by atoms with van der Waals surface area (Å²) < 4.78 is 14.8. The van der Waals surface area contributed by atoms with Crippen LogP contribution in [0.1, 0.15) is 0 Å². The second-order valence-electron chi connectivity index (χ2n) is 3.24. The molecule has 0 spiro atoms. The van der Waals surface area contributed by atoms with Crippen molar-refractivity contribution in [2.24, 2.45) is 5.73 Å². The third kappa shape index (κ3) is 2.05. The van der Waals surface area contributed by atoms with Gasteiger partial charge in [0.15, 0.2) is 0 Å². The zero-order valence-corrected chi connectivity index (χ0v) is 8.23. The van der Waals surface area contributed by atoms with Gasteiger partial charge in [0.1, 0.15) is 5.82 Å². The maximum Gasteiger partial charge on any atom is 0.123 e. The fourth-order valence-corrected chi connectivity index (χ4v) is 1.53. The summed E-state index contributed by atoms with van der Waals surface area (Å²) in [5.41, 5.74) is 7.17. The molecule has 1 aromatic heterocycles. The number of hydrogen-bond donors (Lipinski definition) is 1. The summed E-state index contributed by atoms with van der Waals surface area (Å²) in [6.07, 6.45) is 1.69. The summed E-state index contributed by atoms with van der Waals surface area (Å²) in [6.45, 7) is 1.16. The molecular weight excluding hydrogens is 193 g/mol. The van der Waals surface area contributed by atoms with Gasteiger partial charge in [-0.3, -0.25) is 4.68 Å². The zero-order valence-electron chi connectivity index (χ0n) is 8.23. The summed E-state index contributed by atoms with van der Waals surface area (Å²) in [4.78, 5) is 0. The van der Waals surface area contributed by atoms with E-state index in [0.29, 0.717) is 13.1 Å². The van der Waals surface area contributed by atoms with E-state index in [1.54, 1.807) is 16.9 Å². The average Bonchev–Trinajstić information content (AvgIpc) is 2.66. The fraction of sp³-hybridized carbons (Fsp3) is 0.182. The lowest BCUT2D eigenvalue weighted by atomic mass is 10.1. The molecule has 0 aliphatic heterocycles. The Bertz CT molecular complexity index is 451. The maximum absolute atomic E-state index is 13.0. The van der Waals surface area contributed by atoms with Gasteiger partial charge in [0, 0.05) is 18.3 Å². The standard InChI is InChI=1S/C11H12FN3/c12-10-3-1-2-9(8-10)11-4-6-14-15(11)7-5-13/h1-4,6,8H,5,7,13H2. The second kappa shape index (κ2) is 4.23. The Labute approximate surface area is 87.3 Å². The van der Waals surface area contributed by atoms with Crippen LogP contribution in [0.15, 0.2) is 36.5 Å². The number of halogens is 1. The van der Waals surface area contributed by atoms with Crippen LogP contribution in [0, 0.1) is 5.82 Å². The average molecular weight is 205 g/mol. The fourth-order valence-electron chi connectivity index (χ4n) is 1.53. The molecule has 2 aromatic rings. The first-order chi connectivity index (χ1) is 7.31. The molecular formula is C11H12FN3. The van der Waals surface area contributed by atoms with Gasteiger partial charge in [-0.25, -0.2) is 4.39 Å². The van der Waals surface area contributed by atoms with Crippen LogP contribution < -0.4 is 5.73 Å². The van der Waals surface area contributed by atoms with Crippen molar-refractivity contribution in [1.82, 2.24) is 9.78 Å². The molecule has 0 amide bonds. The lowest BCUT2D eigenvalue weighted by Gasteiger charge is -2.05. The van der Waals surface area contributed by atoms with Gasteiger partial charge in [0.25, 0.3) is 0 Å². The molecule has 0 saturated heterocycles. The molecule has 0 saturated carbocycles. The smallest absolute Gasteiger partial charge is 0.123 e. The van der Waals surface area contributed by atoms with E-state index in [2.05, 4.69) is 5.10 Å². The first kappa shape index (κ1) is 9.86. The van der Waals surface area contributed by atoms with Crippen molar-refractivity contribution in [2.45, 2.75) is 6.54 Å². The molecule has 0 radical (unpaired) electrons. The zero-order chi connectivity index (χ0) is 10.7. The number of benzene rings is 1. The minimum atomic E-state index is -0.243. The molecule has 3 nitrogen and oxygen atoms in total. The van der Waals surface area contributed by atoms with Gasteiger partial charge in [-0.2, -0.15) is 5.10 Å². The van der Waals surface area contributed by atoms with Crippen molar-refractivity contribution >= 4 is 0 Å². The predicted molar refractivity (Wildman–Crippen MR) is 56.7 cm³/mol. The second-order valence-corrected chi connectivity index (χ2v) is 3.24. The van der Waals surface area contributed by atoms with Crippen LogP contribution in [0.5, 0.6) is 0 Å². The normalized spacial score (nSPS) is 10.5. The van der Waals surface area contributed by atoms with E-state index >= 15 is 0 Å². The molecule has 1 aromatic carbocycles. The lowest BCUT2D eigenvalue weighted by molar-refractivity contribution is 0.622. The highest BCUT2D eigenvalue weighted by atomic mass is 19.1. The van der Waals surface area contributed by atoms with E-state index in [4.69, 9.17) is 5.73 Å². The molecule has 78 valence electrons. The highest BCUT2D eigenvalue weighted by molar-refractivity contribution is 5.59. The van der Waals surface area contributed by atoms with E-state index in [-0.39, 0.29) is 5.82 Å². The summed E-state index contributed by atoms with van der Waals surface area (Å²) in [5, 5.41) is 4.13. The summed E-state index contributed by atoms with van der Waals surface area (Å²) in [7, 11) is 0. The molecule has 0 aliphatic rings. The van der Waals surface area contributed by atoms with Gasteiger partial charge in [-0.1, -0.05) is 12.1 Å². The van der Waals surface area contributed by atoms with Crippen molar-refractivity contribution in [2.75, 3.05) is 6.54 Å². The first-order valence-electron chi connectivity index (χ1n) is 4.79. The van der Waals surface area contributed by atoms with Gasteiger partial charge in [-0.15, -0.1) is 0 Å². The minimum absolute atomic E-state index is 0.243. The Morgan fingerprint density at radius 2 is 2.20 bits per heavy atom. The highest BCUT2D eigenvalue weighted by Gasteiger charge is 2.04. The topological polar surface area (TPSA) is 43.8 Å². The first-order valence-corrected chi connectivity index (χ1v) is 4.79. The third-order valence-corrected chi connectivity index (χ3v) is 2.18. The monoisotopic (exact) mass is 205 g/mol. The van der Waals surface area contributed by atoms with Crippen LogP contribution in [-0.4, -0.2) is 16.3 Å². The van der Waals surface area contributed by atoms with Crippen LogP contribution in [0.2, 0.25) is 0 Å². The van der Waals surface area contributed by atoms with E-state index in [9.17, 15) is 4.39 Å². The van der Waals surface area contributed by atoms with Crippen LogP contribution in [-0.2, 0) is 6.54 Å². The number of hydrogen-bond acceptors (Lipinski definition) is 2. The molecule has 0 unspecified atom stereocenters. The van der Waals surface area contributed by atoms with Gasteiger partial charge in [0.2, 0.25) is 0 Å². The Morgan fingerprint density at radius 3 is 2.93 bits per heavy atom. The third-order valence-electron chi connectivity index (χ3n) is 2.18. The van der Waals surface area contributed by atoms with Crippen molar-refractivity contribution in [3.63, 3.8) is 0 Å². The molecule has 4 heteroatoms. The molecule has 1 heterocycles. The summed E-state index contributed by atoms with van der Waals surface area (Å²) in [5.74, 6) is -0.243. The van der Waals surface area contributed by atoms with Crippen LogP contribution in [0.25, 0.3) is 11.3 Å². The maximum atomic E-state index is 13.0. The minimum Gasteiger partial charge on any atom is -0.329 e. The van der Waals surface area contributed by atoms with Gasteiger partial charge in [-0.05, 0) is 18.2 Å². The Hall–Kier alpha value is -1.68. The van der Waals surface area contributed by atoms with Crippen molar-refractivity contribution in [1.29, 1.82) is 0 Å². The molecule has 0 fully saturated rings. The van der Waals surface area contributed by atoms with Gasteiger partial charge in [0.05, 0.1) is 12.2 Å². The van der Waals surface area contributed by atoms with Crippen molar-refractivity contribution < 1.29 is 4.39 Å². The molecule has 15 heavy (non-hydrogen) atoms. The van der Waals surface area contributed by atoms with Crippen LogP contribution in [0.3, 0.4) is 0 Å². The summed E-state index contributed by atoms with van der Waals surface area (Å²) >= 11 is 0. The Balaban J connectivity index is 2.40. The number of rotatable bonds is 3. The van der Waals surface area contributed by atoms with E-state index < -0.39 is 0 Å². The number of nitrogens with zero attached hydrogens (tertiary/aromatic N) is 2. The predicted octanol–water partition coefficient (Wildman–Crippen LogP) is 1.65. The van der Waals surface area contributed by atoms with Crippen molar-refractivity contribution in [3.8, 4) is 11.3 Å². The SMILES string of the molecule is NCCn1nccc1-c1cccc(F)c1. The quantitative estimate of drug-likeness (QED) is 0.828. The number of nitrogens with two attached hydrogens (primary N) is 1. The van der Waals surface area contributed by atoms with E-state index in [1.807, 2.05) is 12.1 Å². The molecule has 2 N–H and O–H groups in total. The van der Waals surface area contributed by atoms with Crippen molar-refractivity contribution in [3.05, 3.63) is 42.3 Å². The molecule has 2 rings (SSSR count). The lowest BCUT2D eigenvalue weighted by Crippen LogP contribution is -2.11. The van der Waals surface area contributed by atoms with E-state index in [1.165, 1.54) is 12.1 Å². The Morgan fingerprint density at radius 1 is 1.33 bits per heavy atom. The molecule has 0 atom stereocenters. The van der Waals surface area contributed by atoms with Gasteiger partial charge < -0.3 is 5.73 Å². The highest BCUT2D eigenvalue weighted by Crippen LogP contribution is 2.19. The molecule has 0 bridgehead atoms. The largest absolute Gasteiger partial charge is 0.329 e. The number of aromatic nitrogens is 2. The van der Waals surface area contributed by atoms with Crippen LogP contribution >= 0.6 is 0 Å². The Kier molecular flexibility index (Phi) is 2.78. The molecule has 0 aliphatic carbocycles. The van der Waals surface area contributed by atoms with Gasteiger partial charge >= 0.3 is 0 Å². The van der Waals surface area contributed by atoms with Crippen LogP contribution in [0.4, 0.5) is 4.39 Å². The summed E-state index contributed by atoms with van der Waals surface area (Å²) in [6, 6.07) is 8.30.